The van der Waals surface area contributed by atoms with Gasteiger partial charge in [0.2, 0.25) is 0 Å². The van der Waals surface area contributed by atoms with E-state index in [-0.39, 0.29) is 32.4 Å². The third-order valence-electron chi connectivity index (χ3n) is 3.68. The van der Waals surface area contributed by atoms with Crippen molar-refractivity contribution in [3.8, 4) is 0 Å². The zero-order valence-electron chi connectivity index (χ0n) is 17.5. The van der Waals surface area contributed by atoms with Gasteiger partial charge in [-0.05, 0) is 40.0 Å². The maximum Gasteiger partial charge on any atom is 0.408 e. The Morgan fingerprint density at radius 1 is 1.13 bits per heavy atom. The van der Waals surface area contributed by atoms with Gasteiger partial charge in [0, 0.05) is 19.4 Å². The highest BCUT2D eigenvalue weighted by Gasteiger charge is 2.35. The minimum Gasteiger partial charge on any atom is -0.445 e. The van der Waals surface area contributed by atoms with Crippen molar-refractivity contribution in [3.63, 3.8) is 0 Å². The van der Waals surface area contributed by atoms with Crippen LogP contribution in [0.3, 0.4) is 0 Å². The first-order valence-electron chi connectivity index (χ1n) is 9.62. The van der Waals surface area contributed by atoms with E-state index < -0.39 is 41.6 Å². The largest absolute Gasteiger partial charge is 0.445 e. The number of nitrogens with zero attached hydrogens (tertiary/aromatic N) is 1. The van der Waals surface area contributed by atoms with Gasteiger partial charge in [0.15, 0.2) is 0 Å². The lowest BCUT2D eigenvalue weighted by Gasteiger charge is -2.23. The summed E-state index contributed by atoms with van der Waals surface area (Å²) in [6.45, 7) is 8.80. The SMILES string of the molecule is C=CCOC(=O)NCCCCC(NC(=O)OC(C)(C)C)C(=O)ON1C(=O)CCC1=O. The van der Waals surface area contributed by atoms with Crippen LogP contribution in [-0.4, -0.2) is 59.8 Å². The van der Waals surface area contributed by atoms with Crippen LogP contribution in [0, 0.1) is 0 Å². The molecule has 1 aliphatic heterocycles. The average molecular weight is 427 g/mol. The standard InChI is InChI=1S/C19H29N3O8/c1-5-12-28-17(26)20-11-7-6-8-13(21-18(27)29-19(2,3)4)16(25)30-22-14(23)9-10-15(22)24/h5,13H,1,6-12H2,2-4H3,(H,20,26)(H,21,27). The molecule has 1 heterocycles. The Morgan fingerprint density at radius 2 is 1.77 bits per heavy atom. The van der Waals surface area contributed by atoms with Crippen LogP contribution in [0.4, 0.5) is 9.59 Å². The van der Waals surface area contributed by atoms with Gasteiger partial charge in [-0.2, -0.15) is 0 Å². The molecule has 11 heteroatoms. The van der Waals surface area contributed by atoms with E-state index in [1.165, 1.54) is 6.08 Å². The molecule has 1 aliphatic rings. The van der Waals surface area contributed by atoms with E-state index in [9.17, 15) is 24.0 Å². The molecule has 4 amide bonds. The summed E-state index contributed by atoms with van der Waals surface area (Å²) in [5.74, 6) is -2.19. The molecule has 1 fully saturated rings. The van der Waals surface area contributed by atoms with Crippen molar-refractivity contribution in [1.82, 2.24) is 15.7 Å². The molecule has 0 aliphatic carbocycles. The fraction of sp³-hybridized carbons (Fsp3) is 0.632. The summed E-state index contributed by atoms with van der Waals surface area (Å²) < 4.78 is 9.91. The van der Waals surface area contributed by atoms with Gasteiger partial charge in [0.25, 0.3) is 11.8 Å². The van der Waals surface area contributed by atoms with Crippen molar-refractivity contribution in [1.29, 1.82) is 0 Å². The number of hydroxylamine groups is 2. The molecule has 2 N–H and O–H groups in total. The lowest BCUT2D eigenvalue weighted by molar-refractivity contribution is -0.199. The molecule has 0 aromatic carbocycles. The first kappa shape index (κ1) is 24.9. The molecule has 1 atom stereocenters. The molecular formula is C19H29N3O8. The molecule has 0 aromatic rings. The summed E-state index contributed by atoms with van der Waals surface area (Å²) in [4.78, 5) is 64.0. The van der Waals surface area contributed by atoms with Gasteiger partial charge < -0.3 is 24.9 Å². The Bertz CT molecular complexity index is 655. The van der Waals surface area contributed by atoms with Crippen LogP contribution in [0.1, 0.15) is 52.9 Å². The lowest BCUT2D eigenvalue weighted by atomic mass is 10.1. The Hall–Kier alpha value is -3.11. The number of hydrogen-bond acceptors (Lipinski definition) is 8. The van der Waals surface area contributed by atoms with Crippen LogP contribution in [0.25, 0.3) is 0 Å². The first-order valence-corrected chi connectivity index (χ1v) is 9.62. The Labute approximate surface area is 175 Å². The topological polar surface area (TPSA) is 140 Å². The van der Waals surface area contributed by atoms with Gasteiger partial charge in [-0.25, -0.2) is 14.4 Å². The van der Waals surface area contributed by atoms with E-state index in [2.05, 4.69) is 17.2 Å². The van der Waals surface area contributed by atoms with Gasteiger partial charge in [0.05, 0.1) is 0 Å². The summed E-state index contributed by atoms with van der Waals surface area (Å²) in [5, 5.41) is 5.34. The number of amides is 4. The minimum absolute atomic E-state index is 0.0378. The van der Waals surface area contributed by atoms with Crippen molar-refractivity contribution in [2.24, 2.45) is 0 Å². The van der Waals surface area contributed by atoms with Gasteiger partial charge >= 0.3 is 18.2 Å². The molecule has 1 rings (SSSR count). The number of alkyl carbamates (subject to hydrolysis) is 2. The predicted octanol–water partition coefficient (Wildman–Crippen LogP) is 1.57. The van der Waals surface area contributed by atoms with E-state index in [1.807, 2.05) is 0 Å². The fourth-order valence-electron chi connectivity index (χ4n) is 2.36. The molecule has 30 heavy (non-hydrogen) atoms. The molecule has 0 saturated carbocycles. The summed E-state index contributed by atoms with van der Waals surface area (Å²) in [7, 11) is 0. The molecule has 0 bridgehead atoms. The van der Waals surface area contributed by atoms with Crippen LogP contribution in [0.5, 0.6) is 0 Å². The van der Waals surface area contributed by atoms with E-state index in [1.54, 1.807) is 20.8 Å². The average Bonchev–Trinajstić information content (AvgIpc) is 2.95. The molecule has 1 saturated heterocycles. The Morgan fingerprint density at radius 3 is 2.33 bits per heavy atom. The zero-order valence-corrected chi connectivity index (χ0v) is 17.5. The third kappa shape index (κ3) is 9.39. The molecular weight excluding hydrogens is 398 g/mol. The number of nitrogens with one attached hydrogen (secondary N) is 2. The second-order valence-electron chi connectivity index (χ2n) is 7.50. The predicted molar refractivity (Wildman–Crippen MR) is 104 cm³/mol. The van der Waals surface area contributed by atoms with Crippen LogP contribution in [0.15, 0.2) is 12.7 Å². The minimum atomic E-state index is -1.14. The van der Waals surface area contributed by atoms with E-state index >= 15 is 0 Å². The smallest absolute Gasteiger partial charge is 0.408 e. The van der Waals surface area contributed by atoms with E-state index in [0.717, 1.165) is 0 Å². The highest BCUT2D eigenvalue weighted by molar-refractivity contribution is 6.01. The molecule has 11 nitrogen and oxygen atoms in total. The molecule has 168 valence electrons. The van der Waals surface area contributed by atoms with Gasteiger partial charge in [-0.3, -0.25) is 9.59 Å². The van der Waals surface area contributed by atoms with Gasteiger partial charge in [0.1, 0.15) is 18.2 Å². The van der Waals surface area contributed by atoms with Crippen LogP contribution in [0.2, 0.25) is 0 Å². The van der Waals surface area contributed by atoms with Crippen molar-refractivity contribution < 1.29 is 38.3 Å². The molecule has 0 aromatic heterocycles. The summed E-state index contributed by atoms with van der Waals surface area (Å²) in [6, 6.07) is -1.14. The van der Waals surface area contributed by atoms with Crippen molar-refractivity contribution in [2.45, 2.75) is 64.5 Å². The second kappa shape index (κ2) is 11.8. The number of hydrogen-bond donors (Lipinski definition) is 2. The Kier molecular flexibility index (Phi) is 9.79. The van der Waals surface area contributed by atoms with Gasteiger partial charge in [-0.15, -0.1) is 5.06 Å². The van der Waals surface area contributed by atoms with Gasteiger partial charge in [-0.1, -0.05) is 12.7 Å². The number of carbonyl (C=O) groups is 5. The quantitative estimate of drug-likeness (QED) is 0.304. The number of ether oxygens (including phenoxy) is 2. The normalized spacial score (nSPS) is 14.7. The maximum atomic E-state index is 12.4. The highest BCUT2D eigenvalue weighted by atomic mass is 16.7. The summed E-state index contributed by atoms with van der Waals surface area (Å²) in [5.41, 5.74) is -0.783. The number of unbranched alkanes of at least 4 members (excludes halogenated alkanes) is 1. The van der Waals surface area contributed by atoms with Crippen molar-refractivity contribution in [2.75, 3.05) is 13.2 Å². The first-order chi connectivity index (χ1) is 14.0. The summed E-state index contributed by atoms with van der Waals surface area (Å²) >= 11 is 0. The second-order valence-corrected chi connectivity index (χ2v) is 7.50. The van der Waals surface area contributed by atoms with Crippen LogP contribution in [-0.2, 0) is 28.7 Å². The zero-order chi connectivity index (χ0) is 22.7. The fourth-order valence-corrected chi connectivity index (χ4v) is 2.36. The molecule has 0 radical (unpaired) electrons. The summed E-state index contributed by atoms with van der Waals surface area (Å²) in [6.07, 6.45) is 0.960. The van der Waals surface area contributed by atoms with Crippen LogP contribution >= 0.6 is 0 Å². The van der Waals surface area contributed by atoms with Crippen LogP contribution < -0.4 is 10.6 Å². The number of rotatable bonds is 10. The highest BCUT2D eigenvalue weighted by Crippen LogP contribution is 2.14. The third-order valence-corrected chi connectivity index (χ3v) is 3.68. The Balaban J connectivity index is 2.59. The van der Waals surface area contributed by atoms with E-state index in [0.29, 0.717) is 17.9 Å². The molecule has 0 spiro atoms. The van der Waals surface area contributed by atoms with Crippen molar-refractivity contribution >= 4 is 30.0 Å². The number of carbonyl (C=O) groups excluding carboxylic acids is 5. The maximum absolute atomic E-state index is 12.4. The van der Waals surface area contributed by atoms with E-state index in [4.69, 9.17) is 14.3 Å². The molecule has 1 unspecified atom stereocenters. The number of imide groups is 1. The lowest BCUT2D eigenvalue weighted by Crippen LogP contribution is -2.46. The monoisotopic (exact) mass is 427 g/mol. The van der Waals surface area contributed by atoms with Crippen molar-refractivity contribution in [3.05, 3.63) is 12.7 Å².